The number of rotatable bonds is 5. The number of nitrogens with zero attached hydrogens (tertiary/aromatic N) is 1. The minimum Gasteiger partial charge on any atom is -0.476 e. The zero-order valence-electron chi connectivity index (χ0n) is 13.7. The van der Waals surface area contributed by atoms with Crippen LogP contribution in [0.2, 0.25) is 0 Å². The van der Waals surface area contributed by atoms with Gasteiger partial charge >= 0.3 is 0 Å². The molecule has 130 valence electrons. The van der Waals surface area contributed by atoms with Crippen molar-refractivity contribution in [3.63, 3.8) is 0 Å². The summed E-state index contributed by atoms with van der Waals surface area (Å²) < 4.78 is 11.3. The maximum absolute atomic E-state index is 13.1. The van der Waals surface area contributed by atoms with E-state index in [0.29, 0.717) is 12.3 Å². The Morgan fingerprint density at radius 2 is 1.72 bits per heavy atom. The lowest BCUT2D eigenvalue weighted by molar-refractivity contribution is -0.150. The second-order valence-electron chi connectivity index (χ2n) is 5.77. The highest BCUT2D eigenvalue weighted by Gasteiger charge is 2.33. The number of primary amides is 1. The molecule has 1 aliphatic rings. The van der Waals surface area contributed by atoms with Crippen LogP contribution in [-0.2, 0) is 14.3 Å². The molecule has 6 nitrogen and oxygen atoms in total. The molecule has 2 aromatic rings. The number of hydrogen-bond acceptors (Lipinski definition) is 4. The third kappa shape index (κ3) is 4.16. The maximum atomic E-state index is 13.1. The first-order valence-corrected chi connectivity index (χ1v) is 8.11. The molecular weight excluding hydrogens is 320 g/mol. The monoisotopic (exact) mass is 340 g/mol. The van der Waals surface area contributed by atoms with E-state index in [0.717, 1.165) is 5.56 Å². The first-order valence-electron chi connectivity index (χ1n) is 8.11. The van der Waals surface area contributed by atoms with E-state index in [9.17, 15) is 9.59 Å². The van der Waals surface area contributed by atoms with E-state index in [1.807, 2.05) is 48.5 Å². The van der Waals surface area contributed by atoms with Crippen LogP contribution in [0.4, 0.5) is 0 Å². The van der Waals surface area contributed by atoms with Crippen LogP contribution >= 0.6 is 0 Å². The van der Waals surface area contributed by atoms with Gasteiger partial charge in [0.15, 0.2) is 6.10 Å². The molecule has 1 heterocycles. The molecule has 2 amide bonds. The van der Waals surface area contributed by atoms with Crippen LogP contribution in [0, 0.1) is 0 Å². The van der Waals surface area contributed by atoms with Gasteiger partial charge in [-0.25, -0.2) is 0 Å². The molecular formula is C19H20N2O4. The first kappa shape index (κ1) is 17.0. The van der Waals surface area contributed by atoms with Crippen molar-refractivity contribution >= 4 is 11.8 Å². The molecule has 2 N–H and O–H groups in total. The summed E-state index contributed by atoms with van der Waals surface area (Å²) in [6.45, 7) is 0.798. The van der Waals surface area contributed by atoms with Crippen LogP contribution in [0.1, 0.15) is 11.7 Å². The van der Waals surface area contributed by atoms with Crippen LogP contribution in [-0.4, -0.2) is 42.5 Å². The van der Waals surface area contributed by atoms with Gasteiger partial charge in [-0.15, -0.1) is 0 Å². The number of carbonyl (C=O) groups excluding carboxylic acids is 2. The van der Waals surface area contributed by atoms with Gasteiger partial charge in [0.2, 0.25) is 12.0 Å². The highest BCUT2D eigenvalue weighted by atomic mass is 16.5. The van der Waals surface area contributed by atoms with Gasteiger partial charge in [-0.3, -0.25) is 9.59 Å². The molecule has 0 spiro atoms. The van der Waals surface area contributed by atoms with Crippen molar-refractivity contribution in [2.24, 2.45) is 5.73 Å². The number of amides is 2. The lowest BCUT2D eigenvalue weighted by Gasteiger charge is -2.33. The molecule has 25 heavy (non-hydrogen) atoms. The molecule has 0 aromatic heterocycles. The van der Waals surface area contributed by atoms with Crippen LogP contribution in [0.15, 0.2) is 60.7 Å². The SMILES string of the molecule is NC(=O)C1CN(C(=O)C(Oc2ccccc2)c2ccccc2)CCO1. The van der Waals surface area contributed by atoms with E-state index in [4.69, 9.17) is 15.2 Å². The van der Waals surface area contributed by atoms with Gasteiger partial charge in [-0.05, 0) is 12.1 Å². The van der Waals surface area contributed by atoms with Gasteiger partial charge in [-0.2, -0.15) is 0 Å². The summed E-state index contributed by atoms with van der Waals surface area (Å²) in [4.78, 5) is 26.0. The third-order valence-electron chi connectivity index (χ3n) is 4.02. The molecule has 0 aliphatic carbocycles. The number of morpholine rings is 1. The Morgan fingerprint density at radius 1 is 1.08 bits per heavy atom. The Hall–Kier alpha value is -2.86. The topological polar surface area (TPSA) is 81.9 Å². The largest absolute Gasteiger partial charge is 0.476 e. The average Bonchev–Trinajstić information content (AvgIpc) is 2.67. The van der Waals surface area contributed by atoms with E-state index < -0.39 is 18.1 Å². The fraction of sp³-hybridized carbons (Fsp3) is 0.263. The number of hydrogen-bond donors (Lipinski definition) is 1. The Morgan fingerprint density at radius 3 is 2.36 bits per heavy atom. The minimum absolute atomic E-state index is 0.135. The van der Waals surface area contributed by atoms with E-state index >= 15 is 0 Å². The molecule has 0 radical (unpaired) electrons. The fourth-order valence-electron chi connectivity index (χ4n) is 2.71. The predicted octanol–water partition coefficient (Wildman–Crippen LogP) is 1.52. The van der Waals surface area contributed by atoms with Gasteiger partial charge < -0.3 is 20.1 Å². The van der Waals surface area contributed by atoms with Crippen LogP contribution < -0.4 is 10.5 Å². The quantitative estimate of drug-likeness (QED) is 0.895. The zero-order valence-corrected chi connectivity index (χ0v) is 13.7. The van der Waals surface area contributed by atoms with Crippen molar-refractivity contribution < 1.29 is 19.1 Å². The molecule has 6 heteroatoms. The molecule has 0 saturated carbocycles. The number of carbonyl (C=O) groups is 2. The standard InChI is InChI=1S/C19H20N2O4/c20-18(22)16-13-21(11-12-24-16)19(23)17(14-7-3-1-4-8-14)25-15-9-5-2-6-10-15/h1-10,16-17H,11-13H2,(H2,20,22). The summed E-state index contributed by atoms with van der Waals surface area (Å²) in [6.07, 6.45) is -1.58. The highest BCUT2D eigenvalue weighted by Crippen LogP contribution is 2.24. The zero-order chi connectivity index (χ0) is 17.6. The summed E-state index contributed by atoms with van der Waals surface area (Å²) in [5.74, 6) is -0.188. The minimum atomic E-state index is -0.796. The highest BCUT2D eigenvalue weighted by molar-refractivity contribution is 5.85. The van der Waals surface area contributed by atoms with Crippen LogP contribution in [0.5, 0.6) is 5.75 Å². The van der Waals surface area contributed by atoms with Crippen molar-refractivity contribution in [2.45, 2.75) is 12.2 Å². The van der Waals surface area contributed by atoms with E-state index in [2.05, 4.69) is 0 Å². The Bertz CT molecular complexity index is 721. The van der Waals surface area contributed by atoms with Crippen molar-refractivity contribution in [1.29, 1.82) is 0 Å². The van der Waals surface area contributed by atoms with Gasteiger partial charge in [0.05, 0.1) is 13.2 Å². The summed E-state index contributed by atoms with van der Waals surface area (Å²) >= 11 is 0. The summed E-state index contributed by atoms with van der Waals surface area (Å²) in [7, 11) is 0. The van der Waals surface area contributed by atoms with E-state index in [1.165, 1.54) is 0 Å². The molecule has 1 aliphatic heterocycles. The van der Waals surface area contributed by atoms with Crippen molar-refractivity contribution in [3.05, 3.63) is 66.2 Å². The first-order chi connectivity index (χ1) is 12.1. The summed E-state index contributed by atoms with van der Waals surface area (Å²) in [5.41, 5.74) is 6.06. The summed E-state index contributed by atoms with van der Waals surface area (Å²) in [5, 5.41) is 0. The maximum Gasteiger partial charge on any atom is 0.268 e. The van der Waals surface area contributed by atoms with Crippen LogP contribution in [0.25, 0.3) is 0 Å². The molecule has 3 rings (SSSR count). The van der Waals surface area contributed by atoms with Crippen LogP contribution in [0.3, 0.4) is 0 Å². The fourth-order valence-corrected chi connectivity index (χ4v) is 2.71. The molecule has 2 unspecified atom stereocenters. The van der Waals surface area contributed by atoms with Crippen molar-refractivity contribution in [1.82, 2.24) is 4.90 Å². The molecule has 1 saturated heterocycles. The predicted molar refractivity (Wildman–Crippen MR) is 91.8 cm³/mol. The average molecular weight is 340 g/mol. The second-order valence-corrected chi connectivity index (χ2v) is 5.77. The number of nitrogens with two attached hydrogens (primary N) is 1. The van der Waals surface area contributed by atoms with Crippen molar-refractivity contribution in [2.75, 3.05) is 19.7 Å². The molecule has 1 fully saturated rings. The van der Waals surface area contributed by atoms with Gasteiger partial charge in [0, 0.05) is 12.1 Å². The normalized spacial score (nSPS) is 18.4. The number of benzene rings is 2. The Balaban J connectivity index is 1.83. The van der Waals surface area contributed by atoms with E-state index in [-0.39, 0.29) is 19.1 Å². The Kier molecular flexibility index (Phi) is 5.30. The summed E-state index contributed by atoms with van der Waals surface area (Å²) in [6, 6.07) is 18.5. The number of ether oxygens (including phenoxy) is 2. The number of para-hydroxylation sites is 1. The molecule has 0 bridgehead atoms. The lowest BCUT2D eigenvalue weighted by atomic mass is 10.1. The lowest BCUT2D eigenvalue weighted by Crippen LogP contribution is -2.52. The molecule has 2 aromatic carbocycles. The third-order valence-corrected chi connectivity index (χ3v) is 4.02. The van der Waals surface area contributed by atoms with Crippen molar-refractivity contribution in [3.8, 4) is 5.75 Å². The smallest absolute Gasteiger partial charge is 0.268 e. The van der Waals surface area contributed by atoms with Gasteiger partial charge in [-0.1, -0.05) is 48.5 Å². The van der Waals surface area contributed by atoms with E-state index in [1.54, 1.807) is 17.0 Å². The Labute approximate surface area is 146 Å². The second kappa shape index (κ2) is 7.81. The molecule has 2 atom stereocenters. The van der Waals surface area contributed by atoms with Gasteiger partial charge in [0.25, 0.3) is 5.91 Å². The van der Waals surface area contributed by atoms with Gasteiger partial charge in [0.1, 0.15) is 5.75 Å².